The Balaban J connectivity index is 0.00000144. The molecule has 3 fully saturated rings. The number of hydrogen-bond acceptors (Lipinski definition) is 3. The minimum atomic E-state index is -4.13. The van der Waals surface area contributed by atoms with E-state index in [9.17, 15) is 18.0 Å². The third kappa shape index (κ3) is 5.38. The second-order valence-electron chi connectivity index (χ2n) is 7.12. The maximum atomic E-state index is 12.3. The molecule has 142 valence electrons. The number of halogens is 5. The molecule has 0 aromatic carbocycles. The highest BCUT2D eigenvalue weighted by molar-refractivity contribution is 5.85. The number of carbonyl (C=O) groups is 1. The van der Waals surface area contributed by atoms with Gasteiger partial charge in [0.25, 0.3) is 0 Å². The predicted octanol–water partition coefficient (Wildman–Crippen LogP) is 2.22. The van der Waals surface area contributed by atoms with Crippen LogP contribution in [0.25, 0.3) is 0 Å². The highest BCUT2D eigenvalue weighted by atomic mass is 35.5. The fraction of sp³-hybridized carbons (Fsp3) is 0.933. The number of piperidine rings is 1. The van der Waals surface area contributed by atoms with E-state index in [4.69, 9.17) is 0 Å². The molecule has 1 aliphatic carbocycles. The van der Waals surface area contributed by atoms with Crippen LogP contribution in [0.5, 0.6) is 0 Å². The Morgan fingerprint density at radius 3 is 2.54 bits per heavy atom. The van der Waals surface area contributed by atoms with Crippen LogP contribution in [0.15, 0.2) is 0 Å². The van der Waals surface area contributed by atoms with Crippen LogP contribution in [0.3, 0.4) is 0 Å². The van der Waals surface area contributed by atoms with Gasteiger partial charge in [0.2, 0.25) is 5.91 Å². The zero-order chi connectivity index (χ0) is 15.8. The van der Waals surface area contributed by atoms with Crippen molar-refractivity contribution in [1.29, 1.82) is 0 Å². The highest BCUT2D eigenvalue weighted by Crippen LogP contribution is 2.58. The number of carbonyl (C=O) groups excluding carboxylic acids is 1. The van der Waals surface area contributed by atoms with Crippen molar-refractivity contribution in [2.75, 3.05) is 39.3 Å². The molecule has 0 aromatic heterocycles. The second kappa shape index (κ2) is 8.43. The van der Waals surface area contributed by atoms with Gasteiger partial charge in [0.15, 0.2) is 0 Å². The smallest absolute Gasteiger partial charge is 0.356 e. The van der Waals surface area contributed by atoms with Crippen molar-refractivity contribution < 1.29 is 18.0 Å². The number of nitrogens with zero attached hydrogens (tertiary/aromatic N) is 1. The van der Waals surface area contributed by atoms with Gasteiger partial charge in [-0.2, -0.15) is 13.2 Å². The van der Waals surface area contributed by atoms with Gasteiger partial charge in [-0.3, -0.25) is 9.69 Å². The van der Waals surface area contributed by atoms with E-state index in [1.165, 1.54) is 4.90 Å². The molecule has 2 atom stereocenters. The Bertz CT molecular complexity index is 431. The van der Waals surface area contributed by atoms with Crippen molar-refractivity contribution in [3.8, 4) is 0 Å². The van der Waals surface area contributed by atoms with E-state index in [-0.39, 0.29) is 48.0 Å². The number of likely N-dealkylation sites (tertiary alicyclic amines) is 1. The van der Waals surface area contributed by atoms with Crippen LogP contribution in [0.4, 0.5) is 13.2 Å². The number of amides is 1. The minimum absolute atomic E-state index is 0. The van der Waals surface area contributed by atoms with Crippen molar-refractivity contribution in [3.05, 3.63) is 0 Å². The molecule has 2 saturated heterocycles. The first-order valence-corrected chi connectivity index (χ1v) is 8.15. The van der Waals surface area contributed by atoms with Crippen molar-refractivity contribution in [1.82, 2.24) is 15.5 Å². The summed E-state index contributed by atoms with van der Waals surface area (Å²) in [4.78, 5) is 13.7. The maximum Gasteiger partial charge on any atom is 0.401 e. The molecule has 2 N–H and O–H groups in total. The van der Waals surface area contributed by atoms with E-state index >= 15 is 0 Å². The van der Waals surface area contributed by atoms with E-state index in [1.54, 1.807) is 0 Å². The Labute approximate surface area is 153 Å². The standard InChI is InChI=1S/C15H24F3N3O.2ClH/c16-15(17,18)10-21-6-1-11(9-21)8-20-13(22)12-7-14(12)2-4-19-5-3-14;;/h11-12,19H,1-10H2,(H,20,22);2*1H. The number of hydrogen-bond donors (Lipinski definition) is 2. The third-order valence-corrected chi connectivity index (χ3v) is 5.44. The normalized spacial score (nSPS) is 28.8. The van der Waals surface area contributed by atoms with Crippen molar-refractivity contribution in [3.63, 3.8) is 0 Å². The van der Waals surface area contributed by atoms with Crippen LogP contribution >= 0.6 is 24.8 Å². The monoisotopic (exact) mass is 391 g/mol. The Kier molecular flexibility index (Phi) is 7.66. The molecular formula is C15H26Cl2F3N3O. The van der Waals surface area contributed by atoms with E-state index in [2.05, 4.69) is 10.6 Å². The van der Waals surface area contributed by atoms with Gasteiger partial charge >= 0.3 is 6.18 Å². The maximum absolute atomic E-state index is 12.3. The summed E-state index contributed by atoms with van der Waals surface area (Å²) in [6.45, 7) is 2.55. The summed E-state index contributed by atoms with van der Waals surface area (Å²) < 4.78 is 37.0. The van der Waals surface area contributed by atoms with Gasteiger partial charge in [-0.15, -0.1) is 24.8 Å². The molecule has 0 aromatic rings. The van der Waals surface area contributed by atoms with Crippen molar-refractivity contribution in [2.45, 2.75) is 31.9 Å². The topological polar surface area (TPSA) is 44.4 Å². The first-order valence-electron chi connectivity index (χ1n) is 8.15. The Hall–Kier alpha value is -0.240. The molecular weight excluding hydrogens is 366 g/mol. The molecule has 1 saturated carbocycles. The largest absolute Gasteiger partial charge is 0.401 e. The summed E-state index contributed by atoms with van der Waals surface area (Å²) in [6, 6.07) is 0. The van der Waals surface area contributed by atoms with Crippen molar-refractivity contribution in [2.24, 2.45) is 17.3 Å². The van der Waals surface area contributed by atoms with Gasteiger partial charge in [0.05, 0.1) is 6.54 Å². The molecule has 4 nitrogen and oxygen atoms in total. The molecule has 24 heavy (non-hydrogen) atoms. The third-order valence-electron chi connectivity index (χ3n) is 5.44. The van der Waals surface area contributed by atoms with Crippen molar-refractivity contribution >= 4 is 30.7 Å². The first kappa shape index (κ1) is 21.8. The Morgan fingerprint density at radius 2 is 1.92 bits per heavy atom. The summed E-state index contributed by atoms with van der Waals surface area (Å²) in [7, 11) is 0. The van der Waals surface area contributed by atoms with Gasteiger partial charge in [-0.05, 0) is 56.7 Å². The summed E-state index contributed by atoms with van der Waals surface area (Å²) in [5.74, 6) is 0.382. The van der Waals surface area contributed by atoms with E-state index in [0.29, 0.717) is 19.6 Å². The molecule has 9 heteroatoms. The van der Waals surface area contributed by atoms with E-state index < -0.39 is 12.7 Å². The molecule has 2 aliphatic heterocycles. The van der Waals surface area contributed by atoms with Crippen LogP contribution in [0, 0.1) is 17.3 Å². The quantitative estimate of drug-likeness (QED) is 0.771. The molecule has 3 rings (SSSR count). The highest BCUT2D eigenvalue weighted by Gasteiger charge is 2.57. The lowest BCUT2D eigenvalue weighted by atomic mass is 9.91. The molecule has 1 spiro atoms. The molecule has 1 amide bonds. The fourth-order valence-electron chi connectivity index (χ4n) is 4.04. The van der Waals surface area contributed by atoms with Crippen LogP contribution < -0.4 is 10.6 Å². The molecule has 3 aliphatic rings. The zero-order valence-corrected chi connectivity index (χ0v) is 15.2. The summed E-state index contributed by atoms with van der Waals surface area (Å²) in [5.41, 5.74) is 0.216. The average molecular weight is 392 g/mol. The summed E-state index contributed by atoms with van der Waals surface area (Å²) >= 11 is 0. The summed E-state index contributed by atoms with van der Waals surface area (Å²) in [6.07, 6.45) is -0.295. The van der Waals surface area contributed by atoms with Gasteiger partial charge in [0, 0.05) is 19.0 Å². The minimum Gasteiger partial charge on any atom is -0.356 e. The van der Waals surface area contributed by atoms with Crippen LogP contribution in [-0.2, 0) is 4.79 Å². The molecule has 2 unspecified atom stereocenters. The zero-order valence-electron chi connectivity index (χ0n) is 13.5. The number of alkyl halides is 3. The van der Waals surface area contributed by atoms with Gasteiger partial charge < -0.3 is 10.6 Å². The van der Waals surface area contributed by atoms with Crippen LogP contribution in [-0.4, -0.2) is 56.3 Å². The number of rotatable bonds is 4. The SMILES string of the molecule is Cl.Cl.O=C(NCC1CCN(CC(F)(F)F)C1)C1CC12CCNCC2. The second-order valence-corrected chi connectivity index (χ2v) is 7.12. The van der Waals surface area contributed by atoms with Gasteiger partial charge in [-0.1, -0.05) is 0 Å². The number of nitrogens with one attached hydrogen (secondary N) is 2. The molecule has 0 radical (unpaired) electrons. The van der Waals surface area contributed by atoms with Crippen LogP contribution in [0.1, 0.15) is 25.7 Å². The lowest BCUT2D eigenvalue weighted by Crippen LogP contribution is -2.37. The average Bonchev–Trinajstić information content (AvgIpc) is 2.94. The lowest BCUT2D eigenvalue weighted by Gasteiger charge is -2.23. The summed E-state index contributed by atoms with van der Waals surface area (Å²) in [5, 5.41) is 6.29. The van der Waals surface area contributed by atoms with E-state index in [1.807, 2.05) is 0 Å². The molecule has 0 bridgehead atoms. The van der Waals surface area contributed by atoms with Gasteiger partial charge in [0.1, 0.15) is 0 Å². The molecule has 2 heterocycles. The Morgan fingerprint density at radius 1 is 1.25 bits per heavy atom. The van der Waals surface area contributed by atoms with Gasteiger partial charge in [-0.25, -0.2) is 0 Å². The lowest BCUT2D eigenvalue weighted by molar-refractivity contribution is -0.143. The predicted molar refractivity (Wildman–Crippen MR) is 90.8 cm³/mol. The first-order chi connectivity index (χ1) is 10.4. The van der Waals surface area contributed by atoms with Crippen LogP contribution in [0.2, 0.25) is 0 Å². The fourth-order valence-corrected chi connectivity index (χ4v) is 4.04. The van der Waals surface area contributed by atoms with E-state index in [0.717, 1.165) is 38.8 Å².